The van der Waals surface area contributed by atoms with Gasteiger partial charge in [-0.25, -0.2) is 9.59 Å². The molecule has 1 spiro atoms. The highest BCUT2D eigenvalue weighted by Crippen LogP contribution is 2.74. The Labute approximate surface area is 205 Å². The van der Waals surface area contributed by atoms with E-state index < -0.39 is 23.5 Å². The van der Waals surface area contributed by atoms with Crippen LogP contribution < -0.4 is 5.32 Å². The van der Waals surface area contributed by atoms with Crippen LogP contribution in [0.1, 0.15) is 56.6 Å². The third-order valence-electron chi connectivity index (χ3n) is 8.56. The molecule has 0 bridgehead atoms. The molecule has 2 atom stereocenters. The Morgan fingerprint density at radius 2 is 1.69 bits per heavy atom. The molecule has 2 aromatic rings. The summed E-state index contributed by atoms with van der Waals surface area (Å²) in [6, 6.07) is 15.4. The smallest absolute Gasteiger partial charge is 0.407 e. The number of carboxylic acid groups (broad SMARTS) is 1. The van der Waals surface area contributed by atoms with Crippen molar-refractivity contribution in [1.82, 2.24) is 10.2 Å². The quantitative estimate of drug-likeness (QED) is 0.589. The maximum Gasteiger partial charge on any atom is 0.407 e. The molecule has 2 amide bonds. The monoisotopic (exact) mass is 476 g/mol. The Hall–Kier alpha value is -3.35. The fraction of sp³-hybridized carbons (Fsp3) is 0.464. The minimum Gasteiger partial charge on any atom is -0.480 e. The SMILES string of the molecule is CCN(C(=O)C1(CNC(=O)OCC2c3ccccc3-c3ccccc32)CC12CCC2)C(C)C(=O)O. The van der Waals surface area contributed by atoms with Gasteiger partial charge in [-0.05, 0) is 60.8 Å². The lowest BCUT2D eigenvalue weighted by Gasteiger charge is -2.36. The van der Waals surface area contributed by atoms with Gasteiger partial charge in [0.25, 0.3) is 0 Å². The second-order valence-corrected chi connectivity index (χ2v) is 10.2. The number of nitrogens with zero attached hydrogens (tertiary/aromatic N) is 1. The van der Waals surface area contributed by atoms with Gasteiger partial charge in [-0.15, -0.1) is 0 Å². The molecule has 2 saturated carbocycles. The molecule has 2 fully saturated rings. The maximum atomic E-state index is 13.5. The molecular formula is C28H32N2O5. The van der Waals surface area contributed by atoms with Crippen molar-refractivity contribution in [1.29, 1.82) is 0 Å². The maximum absolute atomic E-state index is 13.5. The first-order valence-corrected chi connectivity index (χ1v) is 12.5. The number of ether oxygens (including phenoxy) is 1. The summed E-state index contributed by atoms with van der Waals surface area (Å²) in [4.78, 5) is 39.3. The van der Waals surface area contributed by atoms with Gasteiger partial charge in [-0.3, -0.25) is 4.79 Å². The van der Waals surface area contributed by atoms with Gasteiger partial charge < -0.3 is 20.1 Å². The molecule has 0 radical (unpaired) electrons. The van der Waals surface area contributed by atoms with Crippen molar-refractivity contribution in [2.45, 2.75) is 51.5 Å². The van der Waals surface area contributed by atoms with E-state index in [9.17, 15) is 19.5 Å². The summed E-state index contributed by atoms with van der Waals surface area (Å²) >= 11 is 0. The van der Waals surface area contributed by atoms with Gasteiger partial charge in [-0.1, -0.05) is 55.0 Å². The van der Waals surface area contributed by atoms with Gasteiger partial charge in [0.1, 0.15) is 12.6 Å². The summed E-state index contributed by atoms with van der Waals surface area (Å²) < 4.78 is 5.67. The average molecular weight is 477 g/mol. The number of aliphatic carboxylic acids is 1. The molecule has 7 nitrogen and oxygen atoms in total. The molecule has 3 aliphatic rings. The Balaban J connectivity index is 1.26. The Morgan fingerprint density at radius 1 is 1.09 bits per heavy atom. The average Bonchev–Trinajstić information content (AvgIpc) is 3.46. The topological polar surface area (TPSA) is 95.9 Å². The van der Waals surface area contributed by atoms with Gasteiger partial charge in [-0.2, -0.15) is 0 Å². The van der Waals surface area contributed by atoms with Crippen molar-refractivity contribution in [3.05, 3.63) is 59.7 Å². The van der Waals surface area contributed by atoms with E-state index in [0.29, 0.717) is 13.0 Å². The summed E-state index contributed by atoms with van der Waals surface area (Å²) in [5.74, 6) is -1.23. The Kier molecular flexibility index (Phi) is 5.82. The molecule has 0 saturated heterocycles. The van der Waals surface area contributed by atoms with Gasteiger partial charge in [0.2, 0.25) is 5.91 Å². The van der Waals surface area contributed by atoms with Crippen molar-refractivity contribution in [2.75, 3.05) is 19.7 Å². The fourth-order valence-corrected chi connectivity index (χ4v) is 6.29. The zero-order valence-corrected chi connectivity index (χ0v) is 20.3. The summed E-state index contributed by atoms with van der Waals surface area (Å²) in [7, 11) is 0. The van der Waals surface area contributed by atoms with E-state index >= 15 is 0 Å². The molecule has 2 unspecified atom stereocenters. The summed E-state index contributed by atoms with van der Waals surface area (Å²) in [5.41, 5.74) is 3.76. The normalized spacial score (nSPS) is 21.9. The number of nitrogens with one attached hydrogen (secondary N) is 1. The lowest BCUT2D eigenvalue weighted by atomic mass is 9.74. The summed E-state index contributed by atoms with van der Waals surface area (Å²) in [5, 5.41) is 12.3. The van der Waals surface area contributed by atoms with Crippen molar-refractivity contribution >= 4 is 18.0 Å². The number of hydrogen-bond donors (Lipinski definition) is 2. The molecule has 2 aromatic carbocycles. The lowest BCUT2D eigenvalue weighted by molar-refractivity contribution is -0.153. The van der Waals surface area contributed by atoms with Crippen molar-refractivity contribution < 1.29 is 24.2 Å². The molecule has 184 valence electrons. The van der Waals surface area contributed by atoms with Crippen molar-refractivity contribution in [3.63, 3.8) is 0 Å². The fourth-order valence-electron chi connectivity index (χ4n) is 6.29. The van der Waals surface area contributed by atoms with Crippen LogP contribution in [0.3, 0.4) is 0 Å². The van der Waals surface area contributed by atoms with Crippen molar-refractivity contribution in [3.8, 4) is 11.1 Å². The van der Waals surface area contributed by atoms with Gasteiger partial charge in [0.05, 0.1) is 5.41 Å². The molecule has 0 aromatic heterocycles. The first-order valence-electron chi connectivity index (χ1n) is 12.5. The third kappa shape index (κ3) is 3.68. The number of carboxylic acids is 1. The van der Waals surface area contributed by atoms with Gasteiger partial charge in [0.15, 0.2) is 0 Å². The second kappa shape index (κ2) is 8.70. The van der Waals surface area contributed by atoms with E-state index in [0.717, 1.165) is 30.4 Å². The minimum absolute atomic E-state index is 0.0327. The van der Waals surface area contributed by atoms with E-state index in [1.54, 1.807) is 6.92 Å². The van der Waals surface area contributed by atoms with Crippen LogP contribution in [0, 0.1) is 10.8 Å². The molecule has 3 aliphatic carbocycles. The van der Waals surface area contributed by atoms with Gasteiger partial charge >= 0.3 is 12.1 Å². The number of rotatable bonds is 8. The second-order valence-electron chi connectivity index (χ2n) is 10.2. The number of carbonyl (C=O) groups excluding carboxylic acids is 2. The van der Waals surface area contributed by atoms with Crippen LogP contribution in [0.5, 0.6) is 0 Å². The number of hydrogen-bond acceptors (Lipinski definition) is 4. The largest absolute Gasteiger partial charge is 0.480 e. The lowest BCUT2D eigenvalue weighted by Crippen LogP contribution is -2.51. The highest BCUT2D eigenvalue weighted by Gasteiger charge is 2.74. The zero-order valence-electron chi connectivity index (χ0n) is 20.3. The number of fused-ring (bicyclic) bond motifs is 3. The van der Waals surface area contributed by atoms with Crippen LogP contribution in [-0.4, -0.2) is 53.7 Å². The molecule has 0 aliphatic heterocycles. The Morgan fingerprint density at radius 3 is 2.17 bits per heavy atom. The number of amides is 2. The number of alkyl carbamates (subject to hydrolysis) is 1. The first-order chi connectivity index (χ1) is 16.8. The van der Waals surface area contributed by atoms with Crippen LogP contribution in [0.15, 0.2) is 48.5 Å². The minimum atomic E-state index is -1.02. The number of carbonyl (C=O) groups is 3. The molecule has 7 heteroatoms. The predicted octanol–water partition coefficient (Wildman–Crippen LogP) is 4.41. The summed E-state index contributed by atoms with van der Waals surface area (Å²) in [6.07, 6.45) is 3.06. The van der Waals surface area contributed by atoms with E-state index in [2.05, 4.69) is 29.6 Å². The van der Waals surface area contributed by atoms with E-state index in [-0.39, 0.29) is 30.4 Å². The number of likely N-dealkylation sites (N-methyl/N-ethyl adjacent to an activating group) is 1. The number of benzene rings is 2. The third-order valence-corrected chi connectivity index (χ3v) is 8.56. The molecular weight excluding hydrogens is 444 g/mol. The zero-order chi connectivity index (χ0) is 24.8. The van der Waals surface area contributed by atoms with Crippen LogP contribution in [0.4, 0.5) is 4.79 Å². The molecule has 5 rings (SSSR count). The van der Waals surface area contributed by atoms with Gasteiger partial charge in [0, 0.05) is 19.0 Å². The standard InChI is InChI=1S/C28H32N2O5/c1-3-30(18(2)24(31)32)25(33)28(16-27(28)13-8-14-27)17-29-26(34)35-15-23-21-11-6-4-9-19(21)20-10-5-7-12-22(20)23/h4-7,9-12,18,23H,3,8,13-17H2,1-2H3,(H,29,34)(H,31,32). The van der Waals surface area contributed by atoms with Crippen LogP contribution >= 0.6 is 0 Å². The van der Waals surface area contributed by atoms with Crippen LogP contribution in [0.25, 0.3) is 11.1 Å². The molecule has 35 heavy (non-hydrogen) atoms. The Bertz CT molecular complexity index is 1130. The van der Waals surface area contributed by atoms with Crippen LogP contribution in [-0.2, 0) is 14.3 Å². The highest BCUT2D eigenvalue weighted by atomic mass is 16.5. The molecule has 2 N–H and O–H groups in total. The van der Waals surface area contributed by atoms with E-state index in [1.165, 1.54) is 23.0 Å². The van der Waals surface area contributed by atoms with Crippen molar-refractivity contribution in [2.24, 2.45) is 10.8 Å². The summed E-state index contributed by atoms with van der Waals surface area (Å²) in [6.45, 7) is 4.02. The predicted molar refractivity (Wildman–Crippen MR) is 131 cm³/mol. The first kappa shape index (κ1) is 23.4. The van der Waals surface area contributed by atoms with Crippen LogP contribution in [0.2, 0.25) is 0 Å². The highest BCUT2D eigenvalue weighted by molar-refractivity contribution is 5.91. The van der Waals surface area contributed by atoms with E-state index in [4.69, 9.17) is 4.74 Å². The molecule has 0 heterocycles. The van der Waals surface area contributed by atoms with E-state index in [1.807, 2.05) is 24.3 Å².